The number of hydrogen-bond donors (Lipinski definition) is 0. The van der Waals surface area contributed by atoms with E-state index >= 15 is 0 Å². The quantitative estimate of drug-likeness (QED) is 0.329. The van der Waals surface area contributed by atoms with E-state index in [4.69, 9.17) is 0 Å². The van der Waals surface area contributed by atoms with Gasteiger partial charge >= 0.3 is 185 Å². The maximum absolute atomic E-state index is 3.28. The molecule has 2 atom stereocenters. The largest absolute Gasteiger partial charge is 0.147 e. The van der Waals surface area contributed by atoms with Crippen molar-refractivity contribution in [2.75, 3.05) is 0 Å². The van der Waals surface area contributed by atoms with Gasteiger partial charge in [0.25, 0.3) is 0 Å². The number of fused-ring (bicyclic) bond motifs is 2. The molecule has 0 bridgehead atoms. The van der Waals surface area contributed by atoms with Gasteiger partial charge in [0, 0.05) is 0 Å². The fraction of sp³-hybridized carbons (Fsp3) is 0.429. The molecule has 0 aliphatic heterocycles. The van der Waals surface area contributed by atoms with E-state index < -0.39 is 17.4 Å². The zero-order valence-electron chi connectivity index (χ0n) is 19.8. The third kappa shape index (κ3) is 3.64. The number of halogens is 2. The predicted octanol–water partition coefficient (Wildman–Crippen LogP) is 8.24. The van der Waals surface area contributed by atoms with E-state index in [1.54, 1.807) is 44.5 Å². The number of rotatable bonds is 4. The van der Waals surface area contributed by atoms with Crippen molar-refractivity contribution in [1.82, 2.24) is 0 Å². The van der Waals surface area contributed by atoms with Gasteiger partial charge in [-0.2, -0.15) is 0 Å². The van der Waals surface area contributed by atoms with Crippen LogP contribution in [0.4, 0.5) is 0 Å². The first kappa shape index (κ1) is 24.7. The van der Waals surface area contributed by atoms with Crippen LogP contribution >= 0.6 is 24.8 Å². The first-order valence-electron chi connectivity index (χ1n) is 11.9. The maximum atomic E-state index is 2.77. The van der Waals surface area contributed by atoms with Crippen LogP contribution in [0.15, 0.2) is 47.5 Å². The zero-order valence-corrected chi connectivity index (χ0v) is 25.3. The molecule has 2 aromatic carbocycles. The summed E-state index contributed by atoms with van der Waals surface area (Å²) in [6.45, 7) is 7.34. The second kappa shape index (κ2) is 8.08. The second-order valence-electron chi connectivity index (χ2n) is 11.8. The molecule has 2 unspecified atom stereocenters. The zero-order chi connectivity index (χ0) is 20.9. The summed E-state index contributed by atoms with van der Waals surface area (Å²) in [6, 6.07) is 14.5. The SMILES string of the molecule is CC1=Cc2c(C3CC3)cccc2[CH]1[Zr]([CH3])([CH3])(=[SiH2])[CH]1C(C)=Cc2c(C3CC3)cccc21.Cl.Cl. The summed E-state index contributed by atoms with van der Waals surface area (Å²) in [7, 11) is 0. The molecule has 0 amide bonds. The van der Waals surface area contributed by atoms with Crippen molar-refractivity contribution in [3.8, 4) is 0 Å². The average molecular weight is 563 g/mol. The van der Waals surface area contributed by atoms with Gasteiger partial charge in [0.2, 0.25) is 0 Å². The molecule has 4 aliphatic rings. The van der Waals surface area contributed by atoms with E-state index in [2.05, 4.69) is 78.5 Å². The molecule has 32 heavy (non-hydrogen) atoms. The van der Waals surface area contributed by atoms with Gasteiger partial charge < -0.3 is 0 Å². The topological polar surface area (TPSA) is 0 Å². The van der Waals surface area contributed by atoms with Gasteiger partial charge in [0.15, 0.2) is 0 Å². The van der Waals surface area contributed by atoms with Crippen molar-refractivity contribution in [2.45, 2.75) is 67.9 Å². The first-order valence-corrected chi connectivity index (χ1v) is 25.6. The van der Waals surface area contributed by atoms with Gasteiger partial charge in [0.05, 0.1) is 0 Å². The summed E-state index contributed by atoms with van der Waals surface area (Å²) < 4.78 is 6.87. The smallest absolute Gasteiger partial charge is 0.147 e. The van der Waals surface area contributed by atoms with Crippen molar-refractivity contribution in [3.05, 3.63) is 80.9 Å². The molecule has 4 aliphatic carbocycles. The van der Waals surface area contributed by atoms with Crippen LogP contribution in [0.1, 0.15) is 92.0 Å². The molecule has 2 saturated carbocycles. The molecule has 2 aromatic rings. The van der Waals surface area contributed by atoms with Gasteiger partial charge in [-0.1, -0.05) is 0 Å². The van der Waals surface area contributed by atoms with Crippen LogP contribution in [0.5, 0.6) is 0 Å². The summed E-state index contributed by atoms with van der Waals surface area (Å²) in [4.78, 5) is 0. The van der Waals surface area contributed by atoms with E-state index in [-0.39, 0.29) is 24.8 Å². The van der Waals surface area contributed by atoms with Crippen molar-refractivity contribution < 1.29 is 17.4 Å². The number of allylic oxidation sites excluding steroid dienone is 2. The first-order chi connectivity index (χ1) is 14.2. The van der Waals surface area contributed by atoms with Crippen molar-refractivity contribution in [3.63, 3.8) is 0 Å². The molecular weight excluding hydrogens is 527 g/mol. The summed E-state index contributed by atoms with van der Waals surface area (Å²) in [5.41, 5.74) is 13.1. The predicted molar refractivity (Wildman–Crippen MR) is 144 cm³/mol. The Hall–Kier alpha value is -0.400. The van der Waals surface area contributed by atoms with Gasteiger partial charge in [-0.25, -0.2) is 0 Å². The van der Waals surface area contributed by atoms with Crippen LogP contribution in [-0.2, 0) is 17.4 Å². The Morgan fingerprint density at radius 1 is 0.656 bits per heavy atom. The minimum Gasteiger partial charge on any atom is -0.147 e. The number of hydrogen-bond acceptors (Lipinski definition) is 0. The summed E-state index contributed by atoms with van der Waals surface area (Å²) in [5.74, 6) is 1.65. The van der Waals surface area contributed by atoms with E-state index in [1.165, 1.54) is 25.7 Å². The standard InChI is InChI=1S/2C13H13.2CH3.2ClH.H2Si.Zr/c2*1-9-7-11-3-2-4-12(10-5-6-10)13(11)8-9;;;;;;/h2*2-4,7-8,10H,5-6H2,1H3;2*1H3;2*1H;1H2;. The van der Waals surface area contributed by atoms with Crippen LogP contribution in [0, 0.1) is 0 Å². The Morgan fingerprint density at radius 3 is 1.34 bits per heavy atom. The Kier molecular flexibility index (Phi) is 6.24. The van der Waals surface area contributed by atoms with Gasteiger partial charge in [-0.05, 0) is 0 Å². The second-order valence-corrected chi connectivity index (χ2v) is 42.3. The molecule has 0 aromatic heterocycles. The van der Waals surface area contributed by atoms with Gasteiger partial charge in [0.1, 0.15) is 0 Å². The third-order valence-corrected chi connectivity index (χ3v) is 26.5. The average Bonchev–Trinajstić information content (AvgIpc) is 3.58. The summed E-state index contributed by atoms with van der Waals surface area (Å²) >= 11 is -3.28. The van der Waals surface area contributed by atoms with E-state index in [0.717, 1.165) is 11.8 Å². The Balaban J connectivity index is 0.00000122. The monoisotopic (exact) mass is 560 g/mol. The molecule has 170 valence electrons. The fourth-order valence-electron chi connectivity index (χ4n) is 7.34. The third-order valence-electron chi connectivity index (χ3n) is 8.55. The molecule has 4 heteroatoms. The molecule has 0 heterocycles. The summed E-state index contributed by atoms with van der Waals surface area (Å²) in [5, 5.41) is 0. The Bertz CT molecular complexity index is 1130. The molecule has 0 spiro atoms. The van der Waals surface area contributed by atoms with Crippen molar-refractivity contribution >= 4 is 43.8 Å². The van der Waals surface area contributed by atoms with Crippen LogP contribution in [-0.4, -0.2) is 6.88 Å². The molecule has 2 fully saturated rings. The Labute approximate surface area is 208 Å². The van der Waals surface area contributed by atoms with Crippen molar-refractivity contribution in [1.29, 1.82) is 0 Å². The molecule has 0 nitrogen and oxygen atoms in total. The molecule has 0 radical (unpaired) electrons. The minimum absolute atomic E-state index is 0. The normalized spacial score (nSPS) is 24.0. The molecular formula is C28H36Cl2SiZr. The van der Waals surface area contributed by atoms with Crippen LogP contribution in [0.25, 0.3) is 12.2 Å². The fourth-order valence-corrected chi connectivity index (χ4v) is 28.6. The van der Waals surface area contributed by atoms with Crippen LogP contribution < -0.4 is 0 Å². The van der Waals surface area contributed by atoms with E-state index in [0.29, 0.717) is 7.25 Å². The van der Waals surface area contributed by atoms with Crippen molar-refractivity contribution in [2.24, 2.45) is 0 Å². The van der Waals surface area contributed by atoms with Crippen LogP contribution in [0.2, 0.25) is 9.26 Å². The van der Waals surface area contributed by atoms with Crippen LogP contribution in [0.3, 0.4) is 0 Å². The maximum Gasteiger partial charge on any atom is -0.147 e. The van der Waals surface area contributed by atoms with Gasteiger partial charge in [-0.3, -0.25) is 0 Å². The van der Waals surface area contributed by atoms with E-state index in [9.17, 15) is 0 Å². The van der Waals surface area contributed by atoms with E-state index in [1.807, 2.05) is 0 Å². The Morgan fingerprint density at radius 2 is 1.00 bits per heavy atom. The molecule has 0 saturated heterocycles. The minimum atomic E-state index is -3.28. The molecule has 0 N–H and O–H groups in total. The number of benzene rings is 2. The van der Waals surface area contributed by atoms with Gasteiger partial charge in [-0.15, -0.1) is 24.8 Å². The molecule has 6 rings (SSSR count). The summed E-state index contributed by atoms with van der Waals surface area (Å²) in [6.07, 6.45) is 10.7.